The van der Waals surface area contributed by atoms with E-state index in [0.29, 0.717) is 15.0 Å². The molecule has 3 aromatic rings. The maximum Gasteiger partial charge on any atom is 0.257 e. The Morgan fingerprint density at radius 3 is 2.52 bits per heavy atom. The number of nitrogens with one attached hydrogen (secondary N) is 2. The van der Waals surface area contributed by atoms with Gasteiger partial charge in [0.1, 0.15) is 5.75 Å². The van der Waals surface area contributed by atoms with E-state index >= 15 is 0 Å². The second-order valence-electron chi connectivity index (χ2n) is 5.26. The highest BCUT2D eigenvalue weighted by Gasteiger charge is 2.12. The van der Waals surface area contributed by atoms with E-state index < -0.39 is 5.91 Å². The van der Waals surface area contributed by atoms with Crippen LogP contribution in [0.25, 0.3) is 0 Å². The first kappa shape index (κ1) is 18.9. The molecule has 138 valence electrons. The van der Waals surface area contributed by atoms with Gasteiger partial charge in [-0.3, -0.25) is 14.9 Å². The Bertz CT molecular complexity index is 914. The minimum Gasteiger partial charge on any atom is -0.497 e. The summed E-state index contributed by atoms with van der Waals surface area (Å²) in [5, 5.41) is 14.2. The maximum atomic E-state index is 11.9. The van der Waals surface area contributed by atoms with E-state index in [0.717, 1.165) is 11.4 Å². The molecular formula is C18H16N4O3S2. The molecule has 7 nitrogen and oxygen atoms in total. The largest absolute Gasteiger partial charge is 0.497 e. The van der Waals surface area contributed by atoms with Gasteiger partial charge in [0, 0.05) is 11.3 Å². The first-order chi connectivity index (χ1) is 13.1. The molecule has 1 heterocycles. The molecular weight excluding hydrogens is 384 g/mol. The summed E-state index contributed by atoms with van der Waals surface area (Å²) in [5.41, 5.74) is 1.30. The fourth-order valence-electron chi connectivity index (χ4n) is 2.07. The summed E-state index contributed by atoms with van der Waals surface area (Å²) in [5.74, 6) is 0.0506. The zero-order valence-electron chi connectivity index (χ0n) is 14.3. The fourth-order valence-corrected chi connectivity index (χ4v) is 3.64. The van der Waals surface area contributed by atoms with Crippen LogP contribution >= 0.6 is 23.1 Å². The van der Waals surface area contributed by atoms with E-state index in [2.05, 4.69) is 20.8 Å². The Hall–Kier alpha value is -2.91. The van der Waals surface area contributed by atoms with E-state index in [4.69, 9.17) is 4.74 Å². The lowest BCUT2D eigenvalue weighted by molar-refractivity contribution is -0.117. The third kappa shape index (κ3) is 5.53. The molecule has 0 aliphatic carbocycles. The lowest BCUT2D eigenvalue weighted by Crippen LogP contribution is -2.31. The van der Waals surface area contributed by atoms with Crippen molar-refractivity contribution < 1.29 is 14.3 Å². The van der Waals surface area contributed by atoms with Crippen molar-refractivity contribution in [1.82, 2.24) is 15.5 Å². The number of hydrogen-bond donors (Lipinski definition) is 2. The van der Waals surface area contributed by atoms with Gasteiger partial charge in [-0.2, -0.15) is 0 Å². The first-order valence-corrected chi connectivity index (χ1v) is 9.71. The van der Waals surface area contributed by atoms with Gasteiger partial charge in [0.15, 0.2) is 4.34 Å². The van der Waals surface area contributed by atoms with Gasteiger partial charge in [0.05, 0.1) is 12.9 Å². The van der Waals surface area contributed by atoms with E-state index in [1.807, 2.05) is 30.3 Å². The highest BCUT2D eigenvalue weighted by Crippen LogP contribution is 2.28. The predicted octanol–water partition coefficient (Wildman–Crippen LogP) is 3.34. The molecule has 0 unspecified atom stereocenters. The van der Waals surface area contributed by atoms with Gasteiger partial charge in [-0.1, -0.05) is 41.3 Å². The second kappa shape index (κ2) is 9.15. The van der Waals surface area contributed by atoms with Gasteiger partial charge >= 0.3 is 0 Å². The van der Waals surface area contributed by atoms with Crippen LogP contribution in [-0.4, -0.2) is 34.9 Å². The van der Waals surface area contributed by atoms with Crippen LogP contribution in [0.4, 0.5) is 10.8 Å². The lowest BCUT2D eigenvalue weighted by atomic mass is 10.2. The Morgan fingerprint density at radius 2 is 1.81 bits per heavy atom. The lowest BCUT2D eigenvalue weighted by Gasteiger charge is -2.03. The van der Waals surface area contributed by atoms with Crippen molar-refractivity contribution >= 4 is 45.7 Å². The zero-order chi connectivity index (χ0) is 19.1. The summed E-state index contributed by atoms with van der Waals surface area (Å²) in [4.78, 5) is 23.9. The Morgan fingerprint density at radius 1 is 1.07 bits per heavy atom. The molecule has 0 atom stereocenters. The minimum absolute atomic E-state index is 0.0791. The van der Waals surface area contributed by atoms with Crippen molar-refractivity contribution in [3.63, 3.8) is 0 Å². The number of carbonyl (C=O) groups excluding carboxylic acids is 2. The number of hydrogen-bond acceptors (Lipinski definition) is 8. The predicted molar refractivity (Wildman–Crippen MR) is 106 cm³/mol. The third-order valence-corrected chi connectivity index (χ3v) is 5.34. The molecule has 0 radical (unpaired) electrons. The van der Waals surface area contributed by atoms with Crippen LogP contribution in [0.3, 0.4) is 0 Å². The molecule has 0 saturated heterocycles. The van der Waals surface area contributed by atoms with E-state index in [1.165, 1.54) is 23.1 Å². The minimum atomic E-state index is -0.416. The molecule has 27 heavy (non-hydrogen) atoms. The number of ether oxygens (including phenoxy) is 1. The van der Waals surface area contributed by atoms with Crippen molar-refractivity contribution in [2.45, 2.75) is 4.34 Å². The number of thioether (sulfide) groups is 1. The molecule has 2 amide bonds. The van der Waals surface area contributed by atoms with Gasteiger partial charge in [0.2, 0.25) is 11.0 Å². The van der Waals surface area contributed by atoms with Gasteiger partial charge in [-0.05, 0) is 36.4 Å². The molecule has 0 aliphatic heterocycles. The summed E-state index contributed by atoms with van der Waals surface area (Å²) in [6.45, 7) is 0. The number of rotatable bonds is 7. The van der Waals surface area contributed by atoms with Crippen molar-refractivity contribution in [2.75, 3.05) is 18.2 Å². The second-order valence-corrected chi connectivity index (χ2v) is 7.46. The van der Waals surface area contributed by atoms with Crippen LogP contribution in [0.2, 0.25) is 0 Å². The van der Waals surface area contributed by atoms with Gasteiger partial charge in [0.25, 0.3) is 5.91 Å². The van der Waals surface area contributed by atoms with Gasteiger partial charge < -0.3 is 10.1 Å². The summed E-state index contributed by atoms with van der Waals surface area (Å²) >= 11 is 2.55. The quantitative estimate of drug-likeness (QED) is 0.588. The maximum absolute atomic E-state index is 11.9. The average Bonchev–Trinajstić information content (AvgIpc) is 3.15. The summed E-state index contributed by atoms with van der Waals surface area (Å²) < 4.78 is 5.75. The Balaban J connectivity index is 1.48. The van der Waals surface area contributed by atoms with Crippen LogP contribution in [0.1, 0.15) is 10.4 Å². The summed E-state index contributed by atoms with van der Waals surface area (Å²) in [6, 6.07) is 16.0. The molecule has 0 spiro atoms. The zero-order valence-corrected chi connectivity index (χ0v) is 16.0. The number of imide groups is 1. The average molecular weight is 400 g/mol. The van der Waals surface area contributed by atoms with E-state index in [-0.39, 0.29) is 11.7 Å². The molecule has 9 heteroatoms. The van der Waals surface area contributed by atoms with Gasteiger partial charge in [-0.15, -0.1) is 10.2 Å². The molecule has 3 rings (SSSR count). The molecule has 0 fully saturated rings. The number of aromatic nitrogens is 2. The topological polar surface area (TPSA) is 93.2 Å². The Kier molecular flexibility index (Phi) is 6.39. The van der Waals surface area contributed by atoms with Crippen LogP contribution in [-0.2, 0) is 4.79 Å². The summed E-state index contributed by atoms with van der Waals surface area (Å²) in [7, 11) is 1.61. The van der Waals surface area contributed by atoms with Crippen LogP contribution in [0.5, 0.6) is 5.75 Å². The number of amides is 2. The Labute approximate surface area is 164 Å². The van der Waals surface area contributed by atoms with Crippen LogP contribution in [0, 0.1) is 0 Å². The monoisotopic (exact) mass is 400 g/mol. The van der Waals surface area contributed by atoms with Crippen molar-refractivity contribution in [3.05, 3.63) is 60.2 Å². The highest BCUT2D eigenvalue weighted by molar-refractivity contribution is 8.01. The number of methoxy groups -OCH3 is 1. The van der Waals surface area contributed by atoms with Crippen molar-refractivity contribution in [3.8, 4) is 5.75 Å². The number of carbonyl (C=O) groups is 2. The molecule has 2 N–H and O–H groups in total. The number of anilines is 2. The first-order valence-electron chi connectivity index (χ1n) is 7.90. The number of nitrogens with zero attached hydrogens (tertiary/aromatic N) is 2. The van der Waals surface area contributed by atoms with Crippen LogP contribution in [0.15, 0.2) is 58.9 Å². The molecule has 0 bridgehead atoms. The molecule has 2 aromatic carbocycles. The molecule has 0 saturated carbocycles. The van der Waals surface area contributed by atoms with Crippen molar-refractivity contribution in [1.29, 1.82) is 0 Å². The number of benzene rings is 2. The van der Waals surface area contributed by atoms with E-state index in [1.54, 1.807) is 31.4 Å². The van der Waals surface area contributed by atoms with Crippen molar-refractivity contribution in [2.24, 2.45) is 0 Å². The molecule has 0 aliphatic rings. The van der Waals surface area contributed by atoms with Crippen LogP contribution < -0.4 is 15.4 Å². The third-order valence-electron chi connectivity index (χ3n) is 3.36. The SMILES string of the molecule is COc1ccc(Nc2nnc(SCC(=O)NC(=O)c3ccccc3)s2)cc1. The normalized spacial score (nSPS) is 10.3. The van der Waals surface area contributed by atoms with E-state index in [9.17, 15) is 9.59 Å². The molecule has 1 aromatic heterocycles. The fraction of sp³-hybridized carbons (Fsp3) is 0.111. The summed E-state index contributed by atoms with van der Waals surface area (Å²) in [6.07, 6.45) is 0. The standard InChI is InChI=1S/C18H16N4O3S2/c1-25-14-9-7-13(8-10-14)19-17-21-22-18(27-17)26-11-15(23)20-16(24)12-5-3-2-4-6-12/h2-10H,11H2,1H3,(H,19,21)(H,20,23,24). The highest BCUT2D eigenvalue weighted by atomic mass is 32.2. The smallest absolute Gasteiger partial charge is 0.257 e. The van der Waals surface area contributed by atoms with Gasteiger partial charge in [-0.25, -0.2) is 0 Å².